The van der Waals surface area contributed by atoms with Gasteiger partial charge in [-0.25, -0.2) is 9.67 Å². The van der Waals surface area contributed by atoms with Crippen LogP contribution < -0.4 is 0 Å². The van der Waals surface area contributed by atoms with Crippen molar-refractivity contribution in [2.75, 3.05) is 32.8 Å². The van der Waals surface area contributed by atoms with Gasteiger partial charge < -0.3 is 4.74 Å². The summed E-state index contributed by atoms with van der Waals surface area (Å²) in [5.74, 6) is 0. The van der Waals surface area contributed by atoms with Gasteiger partial charge in [-0.15, -0.1) is 0 Å². The molecule has 1 fully saturated rings. The number of morpholine rings is 1. The van der Waals surface area contributed by atoms with Crippen LogP contribution in [0.2, 0.25) is 0 Å². The Bertz CT molecular complexity index is 520. The van der Waals surface area contributed by atoms with Gasteiger partial charge in [0.25, 0.3) is 0 Å². The Hall–Kier alpha value is -1.72. The highest BCUT2D eigenvalue weighted by Crippen LogP contribution is 2.15. The van der Waals surface area contributed by atoms with Crippen LogP contribution in [0.3, 0.4) is 0 Å². The molecule has 0 radical (unpaired) electrons. The summed E-state index contributed by atoms with van der Waals surface area (Å²) in [5.41, 5.74) is 2.46. The summed E-state index contributed by atoms with van der Waals surface area (Å²) in [7, 11) is 0. The normalized spacial score (nSPS) is 16.4. The number of aromatic nitrogens is 3. The lowest BCUT2D eigenvalue weighted by Crippen LogP contribution is -2.36. The van der Waals surface area contributed by atoms with Crippen molar-refractivity contribution in [3.63, 3.8) is 0 Å². The van der Waals surface area contributed by atoms with Gasteiger partial charge in [-0.05, 0) is 31.0 Å². The monoisotopic (exact) mass is 272 g/mol. The second kappa shape index (κ2) is 6.63. The largest absolute Gasteiger partial charge is 0.379 e. The average molecular weight is 272 g/mol. The van der Waals surface area contributed by atoms with E-state index in [1.165, 1.54) is 5.56 Å². The second-order valence-electron chi connectivity index (χ2n) is 5.03. The number of nitrogens with zero attached hydrogens (tertiary/aromatic N) is 4. The van der Waals surface area contributed by atoms with Crippen molar-refractivity contribution in [2.45, 2.75) is 12.8 Å². The number of rotatable bonds is 5. The molecule has 0 saturated carbocycles. The summed E-state index contributed by atoms with van der Waals surface area (Å²) in [4.78, 5) is 6.50. The highest BCUT2D eigenvalue weighted by atomic mass is 16.5. The molecule has 2 heterocycles. The number of para-hydroxylation sites is 1. The molecule has 1 aromatic carbocycles. The molecule has 20 heavy (non-hydrogen) atoms. The molecule has 1 aliphatic heterocycles. The minimum Gasteiger partial charge on any atom is -0.379 e. The van der Waals surface area contributed by atoms with Crippen molar-refractivity contribution in [3.8, 4) is 5.69 Å². The van der Waals surface area contributed by atoms with Crippen molar-refractivity contribution in [3.05, 3.63) is 42.5 Å². The fourth-order valence-electron chi connectivity index (χ4n) is 2.60. The van der Waals surface area contributed by atoms with E-state index in [-0.39, 0.29) is 0 Å². The number of ether oxygens (including phenoxy) is 1. The first-order chi connectivity index (χ1) is 9.93. The van der Waals surface area contributed by atoms with Crippen LogP contribution in [0.15, 0.2) is 36.9 Å². The molecule has 2 aromatic rings. The van der Waals surface area contributed by atoms with E-state index < -0.39 is 0 Å². The molecule has 0 N–H and O–H groups in total. The predicted molar refractivity (Wildman–Crippen MR) is 76.9 cm³/mol. The van der Waals surface area contributed by atoms with E-state index >= 15 is 0 Å². The van der Waals surface area contributed by atoms with Gasteiger partial charge in [0, 0.05) is 13.1 Å². The zero-order valence-electron chi connectivity index (χ0n) is 11.6. The maximum atomic E-state index is 5.37. The van der Waals surface area contributed by atoms with Crippen molar-refractivity contribution < 1.29 is 4.74 Å². The number of benzene rings is 1. The van der Waals surface area contributed by atoms with Crippen molar-refractivity contribution >= 4 is 0 Å². The van der Waals surface area contributed by atoms with E-state index in [1.54, 1.807) is 12.7 Å². The summed E-state index contributed by atoms with van der Waals surface area (Å²) in [6.45, 7) is 5.00. The second-order valence-corrected chi connectivity index (χ2v) is 5.03. The predicted octanol–water partition coefficient (Wildman–Crippen LogP) is 1.53. The van der Waals surface area contributed by atoms with Crippen molar-refractivity contribution in [1.82, 2.24) is 19.7 Å². The summed E-state index contributed by atoms with van der Waals surface area (Å²) in [6.07, 6.45) is 5.55. The molecule has 1 saturated heterocycles. The lowest BCUT2D eigenvalue weighted by molar-refractivity contribution is 0.0374. The molecule has 0 bridgehead atoms. The molecular formula is C15H20N4O. The van der Waals surface area contributed by atoms with Crippen molar-refractivity contribution in [1.29, 1.82) is 0 Å². The number of hydrogen-bond acceptors (Lipinski definition) is 4. The maximum absolute atomic E-state index is 5.37. The zero-order valence-corrected chi connectivity index (χ0v) is 11.6. The van der Waals surface area contributed by atoms with Gasteiger partial charge in [0.1, 0.15) is 12.7 Å². The summed E-state index contributed by atoms with van der Waals surface area (Å²) in [5, 5.41) is 4.22. The first-order valence-electron chi connectivity index (χ1n) is 7.16. The van der Waals surface area contributed by atoms with Gasteiger partial charge in [0.15, 0.2) is 0 Å². The molecule has 106 valence electrons. The smallest absolute Gasteiger partial charge is 0.138 e. The number of hydrogen-bond donors (Lipinski definition) is 0. The molecule has 5 nitrogen and oxygen atoms in total. The lowest BCUT2D eigenvalue weighted by atomic mass is 10.1. The third-order valence-corrected chi connectivity index (χ3v) is 3.68. The Morgan fingerprint density at radius 1 is 1.15 bits per heavy atom. The number of aryl methyl sites for hydroxylation is 1. The van der Waals surface area contributed by atoms with Crippen molar-refractivity contribution in [2.24, 2.45) is 0 Å². The van der Waals surface area contributed by atoms with Gasteiger partial charge in [0.2, 0.25) is 0 Å². The molecule has 0 amide bonds. The quantitative estimate of drug-likeness (QED) is 0.828. The summed E-state index contributed by atoms with van der Waals surface area (Å²) in [6, 6.07) is 8.40. The standard InChI is InChI=1S/C15H20N4O/c1-2-6-15(19-13-16-12-17-19)14(4-1)5-3-7-18-8-10-20-11-9-18/h1-2,4,6,12-13H,3,5,7-11H2. The molecule has 3 rings (SSSR count). The van der Waals surface area contributed by atoms with Crippen LogP contribution in [0.25, 0.3) is 5.69 Å². The zero-order chi connectivity index (χ0) is 13.6. The van der Waals surface area contributed by atoms with Gasteiger partial charge in [0.05, 0.1) is 18.9 Å². The minimum absolute atomic E-state index is 0.871. The Morgan fingerprint density at radius 3 is 2.80 bits per heavy atom. The van der Waals surface area contributed by atoms with Crippen LogP contribution in [0, 0.1) is 0 Å². The fraction of sp³-hybridized carbons (Fsp3) is 0.467. The highest BCUT2D eigenvalue weighted by molar-refractivity contribution is 5.39. The topological polar surface area (TPSA) is 43.2 Å². The SMILES string of the molecule is c1ccc(-n2cncn2)c(CCCN2CCOCC2)c1. The fourth-order valence-corrected chi connectivity index (χ4v) is 2.60. The van der Waals surface area contributed by atoms with Gasteiger partial charge in [-0.1, -0.05) is 18.2 Å². The van der Waals surface area contributed by atoms with E-state index in [2.05, 4.69) is 33.2 Å². The molecule has 0 atom stereocenters. The first kappa shape index (κ1) is 13.3. The third kappa shape index (κ3) is 3.23. The molecular weight excluding hydrogens is 252 g/mol. The van der Waals surface area contributed by atoms with E-state index in [4.69, 9.17) is 4.74 Å². The molecule has 1 aromatic heterocycles. The molecule has 1 aliphatic rings. The van der Waals surface area contributed by atoms with Gasteiger partial charge >= 0.3 is 0 Å². The van der Waals surface area contributed by atoms with E-state index in [1.807, 2.05) is 10.7 Å². The maximum Gasteiger partial charge on any atom is 0.138 e. The Morgan fingerprint density at radius 2 is 2.00 bits per heavy atom. The van der Waals surface area contributed by atoms with Crippen LogP contribution in [0.4, 0.5) is 0 Å². The third-order valence-electron chi connectivity index (χ3n) is 3.68. The molecule has 5 heteroatoms. The van der Waals surface area contributed by atoms with Gasteiger partial charge in [-0.2, -0.15) is 5.10 Å². The lowest BCUT2D eigenvalue weighted by Gasteiger charge is -2.26. The highest BCUT2D eigenvalue weighted by Gasteiger charge is 2.10. The van der Waals surface area contributed by atoms with Crippen LogP contribution in [0.1, 0.15) is 12.0 Å². The van der Waals surface area contributed by atoms with Crippen LogP contribution in [0.5, 0.6) is 0 Å². The Kier molecular flexibility index (Phi) is 4.40. The van der Waals surface area contributed by atoms with Crippen LogP contribution in [-0.2, 0) is 11.2 Å². The summed E-state index contributed by atoms with van der Waals surface area (Å²) >= 11 is 0. The van der Waals surface area contributed by atoms with Gasteiger partial charge in [-0.3, -0.25) is 4.90 Å². The van der Waals surface area contributed by atoms with E-state index in [0.29, 0.717) is 0 Å². The molecule has 0 unspecified atom stereocenters. The molecule has 0 spiro atoms. The molecule has 0 aliphatic carbocycles. The van der Waals surface area contributed by atoms with Crippen LogP contribution in [-0.4, -0.2) is 52.5 Å². The summed E-state index contributed by atoms with van der Waals surface area (Å²) < 4.78 is 7.21. The minimum atomic E-state index is 0.871. The van der Waals surface area contributed by atoms with Crippen LogP contribution >= 0.6 is 0 Å². The Labute approximate surface area is 119 Å². The van der Waals surface area contributed by atoms with E-state index in [9.17, 15) is 0 Å². The first-order valence-corrected chi connectivity index (χ1v) is 7.16. The van der Waals surface area contributed by atoms with E-state index in [0.717, 1.165) is 51.4 Å². The Balaban J connectivity index is 1.60. The average Bonchev–Trinajstić information content (AvgIpc) is 3.03.